The number of methoxy groups -OCH3 is 2. The lowest BCUT2D eigenvalue weighted by molar-refractivity contribution is -0.112. The zero-order valence-electron chi connectivity index (χ0n) is 14.1. The van der Waals surface area contributed by atoms with Crippen molar-refractivity contribution >= 4 is 33.6 Å². The van der Waals surface area contributed by atoms with Crippen LogP contribution in [0.25, 0.3) is 6.08 Å². The Bertz CT molecular complexity index is 869. The summed E-state index contributed by atoms with van der Waals surface area (Å²) in [5, 5.41) is 12.1. The van der Waals surface area contributed by atoms with Gasteiger partial charge in [0.15, 0.2) is 11.5 Å². The van der Waals surface area contributed by atoms with E-state index in [-0.39, 0.29) is 5.57 Å². The summed E-state index contributed by atoms with van der Waals surface area (Å²) in [5.41, 5.74) is 2.20. The Hall–Kier alpha value is -2.78. The molecule has 0 radical (unpaired) electrons. The Balaban J connectivity index is 2.36. The molecule has 2 rings (SSSR count). The van der Waals surface area contributed by atoms with Crippen LogP contribution in [-0.2, 0) is 4.79 Å². The number of nitriles is 1. The van der Waals surface area contributed by atoms with Crippen LogP contribution in [0.2, 0.25) is 0 Å². The van der Waals surface area contributed by atoms with Crippen LogP contribution in [0.5, 0.6) is 11.5 Å². The average Bonchev–Trinajstić information content (AvgIpc) is 2.62. The molecule has 1 N–H and O–H groups in total. The molecule has 5 nitrogen and oxygen atoms in total. The number of hydrogen-bond donors (Lipinski definition) is 1. The standard InChI is InChI=1S/C19H17BrN2O3/c1-12-6-4-5-7-16(12)22-19(23)14(11-21)8-13-9-17(24-2)18(25-3)10-15(13)20/h4-10H,1-3H3,(H,22,23). The van der Waals surface area contributed by atoms with E-state index in [0.29, 0.717) is 27.2 Å². The molecule has 2 aromatic rings. The number of carbonyl (C=O) groups is 1. The molecule has 0 spiro atoms. The molecule has 0 heterocycles. The van der Waals surface area contributed by atoms with Crippen molar-refractivity contribution in [3.8, 4) is 17.6 Å². The Labute approximate surface area is 155 Å². The maximum Gasteiger partial charge on any atom is 0.266 e. The number of amides is 1. The number of nitrogens with zero attached hydrogens (tertiary/aromatic N) is 1. The third-order valence-corrected chi connectivity index (χ3v) is 4.25. The quantitative estimate of drug-likeness (QED) is 0.599. The zero-order valence-corrected chi connectivity index (χ0v) is 15.7. The molecule has 0 bridgehead atoms. The number of halogens is 1. The largest absolute Gasteiger partial charge is 0.493 e. The third-order valence-electron chi connectivity index (χ3n) is 3.56. The van der Waals surface area contributed by atoms with Gasteiger partial charge in [0.2, 0.25) is 0 Å². The van der Waals surface area contributed by atoms with Gasteiger partial charge in [-0.2, -0.15) is 5.26 Å². The third kappa shape index (κ3) is 4.40. The fourth-order valence-electron chi connectivity index (χ4n) is 2.19. The van der Waals surface area contributed by atoms with Crippen LogP contribution in [0.1, 0.15) is 11.1 Å². The van der Waals surface area contributed by atoms with Gasteiger partial charge < -0.3 is 14.8 Å². The molecule has 0 fully saturated rings. The molecule has 1 amide bonds. The van der Waals surface area contributed by atoms with Crippen molar-refractivity contribution in [3.05, 3.63) is 57.6 Å². The number of rotatable bonds is 5. The summed E-state index contributed by atoms with van der Waals surface area (Å²) in [6.07, 6.45) is 1.50. The van der Waals surface area contributed by atoms with Gasteiger partial charge in [0.25, 0.3) is 5.91 Å². The van der Waals surface area contributed by atoms with E-state index in [1.165, 1.54) is 20.3 Å². The van der Waals surface area contributed by atoms with Crippen LogP contribution in [0, 0.1) is 18.3 Å². The van der Waals surface area contributed by atoms with Gasteiger partial charge in [0, 0.05) is 10.2 Å². The van der Waals surface area contributed by atoms with Gasteiger partial charge in [0.05, 0.1) is 14.2 Å². The summed E-state index contributed by atoms with van der Waals surface area (Å²) in [5.74, 6) is 0.585. The summed E-state index contributed by atoms with van der Waals surface area (Å²) in [7, 11) is 3.06. The Morgan fingerprint density at radius 1 is 1.20 bits per heavy atom. The van der Waals surface area contributed by atoms with E-state index in [1.54, 1.807) is 18.2 Å². The van der Waals surface area contributed by atoms with Crippen LogP contribution in [0.3, 0.4) is 0 Å². The lowest BCUT2D eigenvalue weighted by atomic mass is 10.1. The van der Waals surface area contributed by atoms with Crippen LogP contribution >= 0.6 is 15.9 Å². The van der Waals surface area contributed by atoms with Crippen molar-refractivity contribution in [3.63, 3.8) is 0 Å². The van der Waals surface area contributed by atoms with Crippen molar-refractivity contribution < 1.29 is 14.3 Å². The number of anilines is 1. The van der Waals surface area contributed by atoms with Crippen LogP contribution in [-0.4, -0.2) is 20.1 Å². The lowest BCUT2D eigenvalue weighted by Gasteiger charge is -2.11. The maximum absolute atomic E-state index is 12.4. The topological polar surface area (TPSA) is 71.3 Å². The number of para-hydroxylation sites is 1. The molecule has 0 aliphatic carbocycles. The summed E-state index contributed by atoms with van der Waals surface area (Å²) < 4.78 is 11.2. The highest BCUT2D eigenvalue weighted by molar-refractivity contribution is 9.10. The number of benzene rings is 2. The van der Waals surface area contributed by atoms with E-state index >= 15 is 0 Å². The molecule has 0 aliphatic rings. The molecule has 25 heavy (non-hydrogen) atoms. The SMILES string of the molecule is COc1cc(Br)c(C=C(C#N)C(=O)Nc2ccccc2C)cc1OC. The van der Waals surface area contributed by atoms with Gasteiger partial charge in [0.1, 0.15) is 11.6 Å². The van der Waals surface area contributed by atoms with Crippen molar-refractivity contribution in [2.45, 2.75) is 6.92 Å². The molecule has 0 aliphatic heterocycles. The normalized spacial score (nSPS) is 10.8. The van der Waals surface area contributed by atoms with Crippen LogP contribution < -0.4 is 14.8 Å². The number of aryl methyl sites for hydroxylation is 1. The van der Waals surface area contributed by atoms with Gasteiger partial charge in [-0.3, -0.25) is 4.79 Å². The molecule has 0 saturated carbocycles. The predicted molar refractivity (Wildman–Crippen MR) is 101 cm³/mol. The van der Waals surface area contributed by atoms with Crippen molar-refractivity contribution in [1.82, 2.24) is 0 Å². The van der Waals surface area contributed by atoms with Crippen molar-refractivity contribution in [1.29, 1.82) is 5.26 Å². The highest BCUT2D eigenvalue weighted by atomic mass is 79.9. The summed E-state index contributed by atoms with van der Waals surface area (Å²) >= 11 is 3.42. The van der Waals surface area contributed by atoms with E-state index in [4.69, 9.17) is 9.47 Å². The van der Waals surface area contributed by atoms with Crippen molar-refractivity contribution in [2.75, 3.05) is 19.5 Å². The second-order valence-electron chi connectivity index (χ2n) is 5.17. The molecule has 0 atom stereocenters. The fourth-order valence-corrected chi connectivity index (χ4v) is 2.62. The average molecular weight is 401 g/mol. The first-order valence-corrected chi connectivity index (χ1v) is 8.19. The number of nitrogens with one attached hydrogen (secondary N) is 1. The van der Waals surface area contributed by atoms with Crippen molar-refractivity contribution in [2.24, 2.45) is 0 Å². The summed E-state index contributed by atoms with van der Waals surface area (Å²) in [4.78, 5) is 12.4. The lowest BCUT2D eigenvalue weighted by Crippen LogP contribution is -2.14. The first kappa shape index (κ1) is 18.6. The van der Waals surface area contributed by atoms with E-state index in [9.17, 15) is 10.1 Å². The van der Waals surface area contributed by atoms with E-state index in [0.717, 1.165) is 5.56 Å². The van der Waals surface area contributed by atoms with E-state index in [2.05, 4.69) is 21.2 Å². The molecule has 0 saturated heterocycles. The first-order chi connectivity index (χ1) is 12.0. The number of carbonyl (C=O) groups excluding carboxylic acids is 1. The van der Waals surface area contributed by atoms with Gasteiger partial charge in [-0.25, -0.2) is 0 Å². The molecule has 6 heteroatoms. The number of hydrogen-bond acceptors (Lipinski definition) is 4. The summed E-state index contributed by atoms with van der Waals surface area (Å²) in [6.45, 7) is 1.89. The van der Waals surface area contributed by atoms with E-state index < -0.39 is 5.91 Å². The minimum atomic E-state index is -0.474. The Morgan fingerprint density at radius 3 is 2.44 bits per heavy atom. The fraction of sp³-hybridized carbons (Fsp3) is 0.158. The summed E-state index contributed by atoms with van der Waals surface area (Å²) in [6, 6.07) is 12.7. The predicted octanol–water partition coefficient (Wildman–Crippen LogP) is 4.32. The second kappa shape index (κ2) is 8.36. The molecule has 2 aromatic carbocycles. The molecule has 128 valence electrons. The minimum absolute atomic E-state index is 0.0174. The molecule has 0 aromatic heterocycles. The van der Waals surface area contributed by atoms with Gasteiger partial charge in [-0.05, 0) is 42.3 Å². The van der Waals surface area contributed by atoms with Crippen LogP contribution in [0.4, 0.5) is 5.69 Å². The maximum atomic E-state index is 12.4. The Kier molecular flexibility index (Phi) is 6.20. The highest BCUT2D eigenvalue weighted by Crippen LogP contribution is 2.34. The van der Waals surface area contributed by atoms with Crippen LogP contribution in [0.15, 0.2) is 46.4 Å². The first-order valence-electron chi connectivity index (χ1n) is 7.40. The minimum Gasteiger partial charge on any atom is -0.493 e. The molecule has 0 unspecified atom stereocenters. The second-order valence-corrected chi connectivity index (χ2v) is 6.02. The van der Waals surface area contributed by atoms with Gasteiger partial charge >= 0.3 is 0 Å². The van der Waals surface area contributed by atoms with Gasteiger partial charge in [-0.1, -0.05) is 34.1 Å². The zero-order chi connectivity index (χ0) is 18.4. The van der Waals surface area contributed by atoms with E-state index in [1.807, 2.05) is 31.2 Å². The smallest absolute Gasteiger partial charge is 0.266 e. The highest BCUT2D eigenvalue weighted by Gasteiger charge is 2.14. The number of ether oxygens (including phenoxy) is 2. The molecular weight excluding hydrogens is 384 g/mol. The monoisotopic (exact) mass is 400 g/mol. The van der Waals surface area contributed by atoms with Gasteiger partial charge in [-0.15, -0.1) is 0 Å². The molecular formula is C19H17BrN2O3. The Morgan fingerprint density at radius 2 is 1.84 bits per heavy atom.